The van der Waals surface area contributed by atoms with Crippen LogP contribution >= 0.6 is 15.9 Å². The molecule has 1 amide bonds. The van der Waals surface area contributed by atoms with Crippen LogP contribution in [0.4, 0.5) is 5.69 Å². The maximum atomic E-state index is 11.9. The molecule has 112 valence electrons. The van der Waals surface area contributed by atoms with Gasteiger partial charge in [-0.15, -0.1) is 10.2 Å². The van der Waals surface area contributed by atoms with Gasteiger partial charge in [0, 0.05) is 29.2 Å². The molecule has 6 heteroatoms. The van der Waals surface area contributed by atoms with Gasteiger partial charge in [0.2, 0.25) is 5.91 Å². The summed E-state index contributed by atoms with van der Waals surface area (Å²) in [6, 6.07) is 13.3. The topological polar surface area (TPSA) is 59.3 Å². The summed E-state index contributed by atoms with van der Waals surface area (Å²) in [6.45, 7) is 0. The molecule has 0 atom stereocenters. The van der Waals surface area contributed by atoms with Gasteiger partial charge in [-0.25, -0.2) is 0 Å². The number of aryl methyl sites for hydroxylation is 1. The highest BCUT2D eigenvalue weighted by Crippen LogP contribution is 2.16. The molecular formula is C16H15BrN4O. The average molecular weight is 359 g/mol. The Morgan fingerprint density at radius 3 is 2.95 bits per heavy atom. The first-order valence-corrected chi connectivity index (χ1v) is 7.86. The Hall–Kier alpha value is -2.21. The monoisotopic (exact) mass is 358 g/mol. The third kappa shape index (κ3) is 3.51. The number of carbonyl (C=O) groups excluding carboxylic acids is 1. The van der Waals surface area contributed by atoms with Crippen molar-refractivity contribution in [3.63, 3.8) is 0 Å². The Morgan fingerprint density at radius 1 is 1.18 bits per heavy atom. The van der Waals surface area contributed by atoms with E-state index >= 15 is 0 Å². The summed E-state index contributed by atoms with van der Waals surface area (Å²) in [6.07, 6.45) is 3.84. The summed E-state index contributed by atoms with van der Waals surface area (Å²) in [7, 11) is 0. The summed E-state index contributed by atoms with van der Waals surface area (Å²) in [5.74, 6) is 0.887. The van der Waals surface area contributed by atoms with E-state index < -0.39 is 0 Å². The van der Waals surface area contributed by atoms with E-state index in [1.54, 1.807) is 0 Å². The molecular weight excluding hydrogens is 344 g/mol. The molecule has 0 aliphatic rings. The second-order valence-electron chi connectivity index (χ2n) is 4.96. The van der Waals surface area contributed by atoms with Crippen LogP contribution in [0.5, 0.6) is 0 Å². The minimum Gasteiger partial charge on any atom is -0.326 e. The number of nitrogens with zero attached hydrogens (tertiary/aromatic N) is 3. The van der Waals surface area contributed by atoms with Crippen LogP contribution in [0.15, 0.2) is 53.1 Å². The largest absolute Gasteiger partial charge is 0.326 e. The highest BCUT2D eigenvalue weighted by atomic mass is 79.9. The average Bonchev–Trinajstić information content (AvgIpc) is 2.91. The van der Waals surface area contributed by atoms with Crippen LogP contribution in [0.3, 0.4) is 0 Å². The van der Waals surface area contributed by atoms with E-state index in [0.717, 1.165) is 34.5 Å². The van der Waals surface area contributed by atoms with Crippen molar-refractivity contribution in [3.05, 3.63) is 59.0 Å². The molecule has 3 aromatic rings. The second-order valence-corrected chi connectivity index (χ2v) is 5.87. The smallest absolute Gasteiger partial charge is 0.224 e. The van der Waals surface area contributed by atoms with Gasteiger partial charge in [-0.05, 0) is 36.8 Å². The van der Waals surface area contributed by atoms with Crippen molar-refractivity contribution in [2.24, 2.45) is 0 Å². The number of anilines is 1. The Kier molecular flexibility index (Phi) is 4.48. The number of nitrogens with one attached hydrogen (secondary N) is 1. The lowest BCUT2D eigenvalue weighted by atomic mass is 10.2. The number of hydrogen-bond acceptors (Lipinski definition) is 3. The lowest BCUT2D eigenvalue weighted by molar-refractivity contribution is -0.116. The van der Waals surface area contributed by atoms with Gasteiger partial charge in [0.05, 0.1) is 0 Å². The number of benzene rings is 1. The normalized spacial score (nSPS) is 10.8. The molecule has 0 radical (unpaired) electrons. The lowest BCUT2D eigenvalue weighted by Gasteiger charge is -2.05. The van der Waals surface area contributed by atoms with Gasteiger partial charge in [0.25, 0.3) is 0 Å². The Morgan fingerprint density at radius 2 is 2.09 bits per heavy atom. The number of hydrogen-bond donors (Lipinski definition) is 1. The number of aromatic nitrogens is 3. The van der Waals surface area contributed by atoms with E-state index in [2.05, 4.69) is 31.4 Å². The summed E-state index contributed by atoms with van der Waals surface area (Å²) >= 11 is 3.38. The number of amides is 1. The van der Waals surface area contributed by atoms with Gasteiger partial charge >= 0.3 is 0 Å². The quantitative estimate of drug-likeness (QED) is 0.759. The molecule has 0 saturated carbocycles. The SMILES string of the molecule is O=C(CCCc1nnc2ccccn12)Nc1cccc(Br)c1. The van der Waals surface area contributed by atoms with Crippen molar-refractivity contribution in [1.82, 2.24) is 14.6 Å². The summed E-state index contributed by atoms with van der Waals surface area (Å²) in [5, 5.41) is 11.2. The molecule has 5 nitrogen and oxygen atoms in total. The zero-order valence-corrected chi connectivity index (χ0v) is 13.5. The Labute approximate surface area is 136 Å². The van der Waals surface area contributed by atoms with Crippen LogP contribution < -0.4 is 5.32 Å². The van der Waals surface area contributed by atoms with Crippen molar-refractivity contribution in [3.8, 4) is 0 Å². The third-order valence-corrected chi connectivity index (χ3v) is 3.79. The fourth-order valence-electron chi connectivity index (χ4n) is 2.26. The van der Waals surface area contributed by atoms with E-state index in [4.69, 9.17) is 0 Å². The van der Waals surface area contributed by atoms with E-state index in [1.807, 2.05) is 53.1 Å². The van der Waals surface area contributed by atoms with Crippen LogP contribution in [-0.2, 0) is 11.2 Å². The summed E-state index contributed by atoms with van der Waals surface area (Å²) in [4.78, 5) is 11.9. The predicted molar refractivity (Wildman–Crippen MR) is 88.7 cm³/mol. The number of fused-ring (bicyclic) bond motifs is 1. The minimum atomic E-state index is 0.00641. The van der Waals surface area contributed by atoms with Crippen molar-refractivity contribution < 1.29 is 4.79 Å². The zero-order valence-electron chi connectivity index (χ0n) is 11.9. The van der Waals surface area contributed by atoms with Crippen molar-refractivity contribution >= 4 is 33.2 Å². The van der Waals surface area contributed by atoms with E-state index in [-0.39, 0.29) is 5.91 Å². The zero-order chi connectivity index (χ0) is 15.4. The van der Waals surface area contributed by atoms with E-state index in [0.29, 0.717) is 6.42 Å². The Balaban J connectivity index is 1.53. The minimum absolute atomic E-state index is 0.00641. The molecule has 1 aromatic carbocycles. The molecule has 0 saturated heterocycles. The maximum absolute atomic E-state index is 11.9. The second kappa shape index (κ2) is 6.70. The van der Waals surface area contributed by atoms with Crippen molar-refractivity contribution in [1.29, 1.82) is 0 Å². The number of carbonyl (C=O) groups is 1. The molecule has 0 aliphatic carbocycles. The fraction of sp³-hybridized carbons (Fsp3) is 0.188. The molecule has 0 fully saturated rings. The van der Waals surface area contributed by atoms with E-state index in [1.165, 1.54) is 0 Å². The third-order valence-electron chi connectivity index (χ3n) is 3.30. The molecule has 0 bridgehead atoms. The highest BCUT2D eigenvalue weighted by molar-refractivity contribution is 9.10. The van der Waals surface area contributed by atoms with Crippen molar-refractivity contribution in [2.45, 2.75) is 19.3 Å². The summed E-state index contributed by atoms with van der Waals surface area (Å²) in [5.41, 5.74) is 1.63. The number of halogens is 1. The molecule has 0 unspecified atom stereocenters. The van der Waals surface area contributed by atoms with Crippen LogP contribution in [0.1, 0.15) is 18.7 Å². The van der Waals surface area contributed by atoms with Gasteiger partial charge in [0.15, 0.2) is 5.65 Å². The van der Waals surface area contributed by atoms with Crippen molar-refractivity contribution in [2.75, 3.05) is 5.32 Å². The molecule has 22 heavy (non-hydrogen) atoms. The van der Waals surface area contributed by atoms with Gasteiger partial charge in [-0.3, -0.25) is 9.20 Å². The van der Waals surface area contributed by atoms with E-state index in [9.17, 15) is 4.79 Å². The molecule has 2 heterocycles. The number of rotatable bonds is 5. The van der Waals surface area contributed by atoms with Crippen LogP contribution in [0, 0.1) is 0 Å². The van der Waals surface area contributed by atoms with Crippen LogP contribution in [-0.4, -0.2) is 20.5 Å². The van der Waals surface area contributed by atoms with Gasteiger partial charge in [-0.2, -0.15) is 0 Å². The van der Waals surface area contributed by atoms with Crippen LogP contribution in [0.25, 0.3) is 5.65 Å². The Bertz CT molecular complexity index is 799. The van der Waals surface area contributed by atoms with Crippen LogP contribution in [0.2, 0.25) is 0 Å². The van der Waals surface area contributed by atoms with Gasteiger partial charge in [0.1, 0.15) is 5.82 Å². The molecule has 2 aromatic heterocycles. The lowest BCUT2D eigenvalue weighted by Crippen LogP contribution is -2.11. The predicted octanol–water partition coefficient (Wildman–Crippen LogP) is 3.45. The molecule has 3 rings (SSSR count). The first-order chi connectivity index (χ1) is 10.7. The standard InChI is InChI=1S/C16H15BrN4O/c17-12-5-3-6-13(11-12)18-16(22)9-4-8-15-20-19-14-7-1-2-10-21(14)15/h1-3,5-7,10-11H,4,8-9H2,(H,18,22). The molecule has 0 spiro atoms. The highest BCUT2D eigenvalue weighted by Gasteiger charge is 2.07. The van der Waals surface area contributed by atoms with Gasteiger partial charge < -0.3 is 5.32 Å². The first-order valence-electron chi connectivity index (χ1n) is 7.06. The first kappa shape index (κ1) is 14.7. The summed E-state index contributed by atoms with van der Waals surface area (Å²) < 4.78 is 2.90. The van der Waals surface area contributed by atoms with Gasteiger partial charge in [-0.1, -0.05) is 28.1 Å². The fourth-order valence-corrected chi connectivity index (χ4v) is 2.66. The molecule has 0 aliphatic heterocycles. The molecule has 1 N–H and O–H groups in total. The maximum Gasteiger partial charge on any atom is 0.224 e. The number of pyridine rings is 1.